The van der Waals surface area contributed by atoms with Gasteiger partial charge < -0.3 is 15.7 Å². The topological polar surface area (TPSA) is 95.5 Å². The zero-order chi connectivity index (χ0) is 20.0. The number of carbonyl (C=O) groups is 3. The van der Waals surface area contributed by atoms with E-state index in [9.17, 15) is 23.9 Å². The molecule has 0 heterocycles. The van der Waals surface area contributed by atoms with Crippen LogP contribution in [0.25, 0.3) is 0 Å². The number of nitrogens with one attached hydrogen (secondary N) is 2. The van der Waals surface area contributed by atoms with Gasteiger partial charge in [0.2, 0.25) is 0 Å². The molecule has 0 fully saturated rings. The first-order valence-electron chi connectivity index (χ1n) is 8.48. The third kappa shape index (κ3) is 4.69. The Kier molecular flexibility index (Phi) is 6.28. The zero-order valence-electron chi connectivity index (χ0n) is 15.1. The summed E-state index contributed by atoms with van der Waals surface area (Å²) in [5.41, 5.74) is -1.09. The van der Waals surface area contributed by atoms with Crippen LogP contribution in [0, 0.1) is 5.82 Å². The fraction of sp³-hybridized carbons (Fsp3) is 0.250. The largest absolute Gasteiger partial charge is 0.479 e. The average molecular weight is 372 g/mol. The summed E-state index contributed by atoms with van der Waals surface area (Å²) in [7, 11) is 0. The van der Waals surface area contributed by atoms with Crippen LogP contribution in [0.15, 0.2) is 48.5 Å². The van der Waals surface area contributed by atoms with Gasteiger partial charge in [-0.3, -0.25) is 9.59 Å². The van der Waals surface area contributed by atoms with Crippen LogP contribution in [0.1, 0.15) is 46.5 Å². The van der Waals surface area contributed by atoms with Crippen molar-refractivity contribution in [3.63, 3.8) is 0 Å². The van der Waals surface area contributed by atoms with Crippen LogP contribution in [0.2, 0.25) is 0 Å². The number of aliphatic carboxylic acids is 1. The smallest absolute Gasteiger partial charge is 0.333 e. The maximum Gasteiger partial charge on any atom is 0.333 e. The summed E-state index contributed by atoms with van der Waals surface area (Å²) >= 11 is 0. The van der Waals surface area contributed by atoms with Gasteiger partial charge in [-0.15, -0.1) is 0 Å². The second-order valence-corrected chi connectivity index (χ2v) is 6.23. The lowest BCUT2D eigenvalue weighted by atomic mass is 9.91. The van der Waals surface area contributed by atoms with Crippen molar-refractivity contribution in [3.8, 4) is 0 Å². The summed E-state index contributed by atoms with van der Waals surface area (Å²) < 4.78 is 13.1. The predicted molar refractivity (Wildman–Crippen MR) is 97.9 cm³/mol. The van der Waals surface area contributed by atoms with Crippen LogP contribution >= 0.6 is 0 Å². The van der Waals surface area contributed by atoms with E-state index in [1.807, 2.05) is 6.92 Å². The number of halogens is 1. The van der Waals surface area contributed by atoms with Gasteiger partial charge in [-0.2, -0.15) is 0 Å². The van der Waals surface area contributed by atoms with Crippen molar-refractivity contribution >= 4 is 17.8 Å². The molecule has 1 unspecified atom stereocenters. The van der Waals surface area contributed by atoms with Gasteiger partial charge in [0.1, 0.15) is 5.82 Å². The molecule has 0 saturated carbocycles. The van der Waals surface area contributed by atoms with Gasteiger partial charge in [0.25, 0.3) is 11.8 Å². The Morgan fingerprint density at radius 2 is 1.63 bits per heavy atom. The molecule has 3 N–H and O–H groups in total. The van der Waals surface area contributed by atoms with E-state index in [0.29, 0.717) is 12.1 Å². The fourth-order valence-corrected chi connectivity index (χ4v) is 2.47. The molecule has 0 radical (unpaired) electrons. The highest BCUT2D eigenvalue weighted by atomic mass is 19.1. The van der Waals surface area contributed by atoms with E-state index in [-0.39, 0.29) is 17.0 Å². The van der Waals surface area contributed by atoms with Crippen LogP contribution in [-0.2, 0) is 10.3 Å². The quantitative estimate of drug-likeness (QED) is 0.696. The van der Waals surface area contributed by atoms with Gasteiger partial charge in [-0.1, -0.05) is 25.1 Å². The van der Waals surface area contributed by atoms with Crippen molar-refractivity contribution in [2.45, 2.75) is 25.8 Å². The lowest BCUT2D eigenvalue weighted by Crippen LogP contribution is -2.49. The Labute approximate surface area is 156 Å². The van der Waals surface area contributed by atoms with E-state index in [4.69, 9.17) is 0 Å². The maximum atomic E-state index is 13.1. The minimum atomic E-state index is -1.76. The number of carboxylic acid groups (broad SMARTS) is 1. The minimum absolute atomic E-state index is 0.147. The van der Waals surface area contributed by atoms with Gasteiger partial charge in [-0.05, 0) is 49.2 Å². The molecule has 27 heavy (non-hydrogen) atoms. The van der Waals surface area contributed by atoms with Crippen LogP contribution in [0.5, 0.6) is 0 Å². The Morgan fingerprint density at radius 3 is 2.19 bits per heavy atom. The SMILES string of the molecule is CCCNC(=O)c1cccc(C(=O)NC(C)(C(=O)O)c2ccc(F)cc2)c1. The third-order valence-electron chi connectivity index (χ3n) is 4.14. The van der Waals surface area contributed by atoms with E-state index >= 15 is 0 Å². The van der Waals surface area contributed by atoms with Crippen LogP contribution in [0.3, 0.4) is 0 Å². The first-order valence-corrected chi connectivity index (χ1v) is 8.48. The first-order chi connectivity index (χ1) is 12.8. The molecule has 0 saturated heterocycles. The molecule has 1 atom stereocenters. The molecule has 0 aliphatic heterocycles. The summed E-state index contributed by atoms with van der Waals surface area (Å²) in [6, 6.07) is 10.9. The Balaban J connectivity index is 2.27. The highest BCUT2D eigenvalue weighted by molar-refractivity contribution is 6.01. The molecule has 2 rings (SSSR count). The lowest BCUT2D eigenvalue weighted by molar-refractivity contribution is -0.144. The lowest BCUT2D eigenvalue weighted by Gasteiger charge is -2.27. The Morgan fingerprint density at radius 1 is 1.04 bits per heavy atom. The molecular formula is C20H21FN2O4. The van der Waals surface area contributed by atoms with E-state index < -0.39 is 23.2 Å². The number of carboxylic acids is 1. The zero-order valence-corrected chi connectivity index (χ0v) is 15.1. The molecule has 142 valence electrons. The Hall–Kier alpha value is -3.22. The normalized spacial score (nSPS) is 12.7. The van der Waals surface area contributed by atoms with Crippen molar-refractivity contribution in [1.29, 1.82) is 0 Å². The Bertz CT molecular complexity index is 851. The van der Waals surface area contributed by atoms with Crippen LogP contribution < -0.4 is 10.6 Å². The summed E-state index contributed by atoms with van der Waals surface area (Å²) in [5.74, 6) is -2.77. The van der Waals surface area contributed by atoms with Crippen molar-refractivity contribution in [1.82, 2.24) is 10.6 Å². The van der Waals surface area contributed by atoms with Crippen molar-refractivity contribution in [3.05, 3.63) is 71.0 Å². The standard InChI is InChI=1S/C20H21FN2O4/c1-3-11-22-17(24)13-5-4-6-14(12-13)18(25)23-20(2,19(26)27)15-7-9-16(21)10-8-15/h4-10,12H,3,11H2,1-2H3,(H,22,24)(H,23,25)(H,26,27). The highest BCUT2D eigenvalue weighted by Crippen LogP contribution is 2.22. The van der Waals surface area contributed by atoms with Gasteiger partial charge in [0.15, 0.2) is 5.54 Å². The molecular weight excluding hydrogens is 351 g/mol. The second-order valence-electron chi connectivity index (χ2n) is 6.23. The molecule has 0 aliphatic carbocycles. The molecule has 0 aromatic heterocycles. The summed E-state index contributed by atoms with van der Waals surface area (Å²) in [6.45, 7) is 3.75. The third-order valence-corrected chi connectivity index (χ3v) is 4.14. The number of hydrogen-bond acceptors (Lipinski definition) is 3. The van der Waals surface area contributed by atoms with Crippen LogP contribution in [0.4, 0.5) is 4.39 Å². The first kappa shape index (κ1) is 20.1. The molecule has 0 bridgehead atoms. The predicted octanol–water partition coefficient (Wildman–Crippen LogP) is 2.70. The van der Waals surface area contributed by atoms with Gasteiger partial charge >= 0.3 is 5.97 Å². The van der Waals surface area contributed by atoms with E-state index in [2.05, 4.69) is 10.6 Å². The highest BCUT2D eigenvalue weighted by Gasteiger charge is 2.37. The van der Waals surface area contributed by atoms with Crippen molar-refractivity contribution in [2.75, 3.05) is 6.54 Å². The van der Waals surface area contributed by atoms with E-state index in [1.165, 1.54) is 31.2 Å². The van der Waals surface area contributed by atoms with E-state index in [0.717, 1.165) is 18.6 Å². The van der Waals surface area contributed by atoms with Gasteiger partial charge in [-0.25, -0.2) is 9.18 Å². The van der Waals surface area contributed by atoms with Crippen LogP contribution in [-0.4, -0.2) is 29.4 Å². The summed E-state index contributed by atoms with van der Waals surface area (Å²) in [6.07, 6.45) is 0.778. The average Bonchev–Trinajstić information content (AvgIpc) is 2.66. The molecule has 0 aliphatic rings. The van der Waals surface area contributed by atoms with Crippen molar-refractivity contribution < 1.29 is 23.9 Å². The maximum absolute atomic E-state index is 13.1. The van der Waals surface area contributed by atoms with Gasteiger partial charge in [0.05, 0.1) is 0 Å². The number of carbonyl (C=O) groups excluding carboxylic acids is 2. The second kappa shape index (κ2) is 8.44. The van der Waals surface area contributed by atoms with Crippen molar-refractivity contribution in [2.24, 2.45) is 0 Å². The number of rotatable bonds is 7. The molecule has 2 aromatic carbocycles. The number of amides is 2. The molecule has 2 aromatic rings. The summed E-state index contributed by atoms with van der Waals surface area (Å²) in [5, 5.41) is 14.8. The molecule has 6 nitrogen and oxygen atoms in total. The molecule has 0 spiro atoms. The molecule has 7 heteroatoms. The number of hydrogen-bond donors (Lipinski definition) is 3. The number of benzene rings is 2. The molecule has 2 amide bonds. The fourth-order valence-electron chi connectivity index (χ4n) is 2.47. The minimum Gasteiger partial charge on any atom is -0.479 e. The summed E-state index contributed by atoms with van der Waals surface area (Å²) in [4.78, 5) is 36.5. The van der Waals surface area contributed by atoms with Gasteiger partial charge in [0, 0.05) is 17.7 Å². The van der Waals surface area contributed by atoms with E-state index in [1.54, 1.807) is 12.1 Å². The monoisotopic (exact) mass is 372 g/mol.